The van der Waals surface area contributed by atoms with Crippen LogP contribution < -0.4 is 14.2 Å². The smallest absolute Gasteiger partial charge is 0.269 e. The number of halogens is 1. The van der Waals surface area contributed by atoms with Crippen LogP contribution in [0.5, 0.6) is 23.0 Å². The second kappa shape index (κ2) is 8.67. The minimum atomic E-state index is 0.0572. The second-order valence-electron chi connectivity index (χ2n) is 5.64. The first-order chi connectivity index (χ1) is 13.5. The molecule has 0 spiro atoms. The molecule has 146 valence electrons. The number of aromatic hydroxyl groups is 1. The fourth-order valence-electron chi connectivity index (χ4n) is 2.51. The van der Waals surface area contributed by atoms with Crippen molar-refractivity contribution in [3.63, 3.8) is 0 Å². The van der Waals surface area contributed by atoms with E-state index in [1.54, 1.807) is 50.6 Å². The van der Waals surface area contributed by atoms with E-state index in [4.69, 9.17) is 30.3 Å². The van der Waals surface area contributed by atoms with E-state index in [0.717, 1.165) is 0 Å². The van der Waals surface area contributed by atoms with Crippen molar-refractivity contribution < 1.29 is 23.8 Å². The number of hydrogen-bond donors (Lipinski definition) is 1. The minimum Gasteiger partial charge on any atom is -0.504 e. The maximum Gasteiger partial charge on any atom is 0.269 e. The van der Waals surface area contributed by atoms with E-state index in [1.165, 1.54) is 6.07 Å². The number of phenolic OH excluding ortho intramolecular Hbond substituents is 1. The van der Waals surface area contributed by atoms with Crippen LogP contribution in [0.4, 0.5) is 0 Å². The molecule has 1 aromatic heterocycles. The number of methoxy groups -OCH3 is 2. The van der Waals surface area contributed by atoms with Gasteiger partial charge < -0.3 is 23.8 Å². The van der Waals surface area contributed by atoms with E-state index in [0.29, 0.717) is 40.8 Å². The molecule has 0 aliphatic carbocycles. The third-order valence-electron chi connectivity index (χ3n) is 3.86. The van der Waals surface area contributed by atoms with E-state index in [9.17, 15) is 5.11 Å². The maximum atomic E-state index is 9.79. The number of hydrogen-bond acceptors (Lipinski definition) is 7. The number of benzene rings is 2. The standard InChI is InChI=1S/C20H19ClN2O5/c1-4-27-18-10-12(5-8-16(18)24)9-15(21)20-22-19(23-28-20)14-7-6-13(25-2)11-17(14)26-3/h5-11,24H,4H2,1-3H3/b15-9-. The zero-order valence-electron chi connectivity index (χ0n) is 15.6. The Balaban J connectivity index is 1.90. The van der Waals surface area contributed by atoms with Crippen LogP contribution in [0.1, 0.15) is 18.4 Å². The number of aromatic nitrogens is 2. The predicted molar refractivity (Wildman–Crippen MR) is 106 cm³/mol. The number of ether oxygens (including phenoxy) is 3. The molecule has 0 amide bonds. The van der Waals surface area contributed by atoms with Crippen molar-refractivity contribution in [2.24, 2.45) is 0 Å². The van der Waals surface area contributed by atoms with Gasteiger partial charge >= 0.3 is 0 Å². The summed E-state index contributed by atoms with van der Waals surface area (Å²) >= 11 is 6.34. The summed E-state index contributed by atoms with van der Waals surface area (Å²) in [4.78, 5) is 4.34. The lowest BCUT2D eigenvalue weighted by Crippen LogP contribution is -1.92. The molecule has 3 aromatic rings. The molecule has 0 aliphatic heterocycles. The molecule has 0 atom stereocenters. The summed E-state index contributed by atoms with van der Waals surface area (Å²) in [5, 5.41) is 14.0. The average Bonchev–Trinajstić information content (AvgIpc) is 3.20. The molecule has 2 aromatic carbocycles. The van der Waals surface area contributed by atoms with Crippen LogP contribution >= 0.6 is 11.6 Å². The Morgan fingerprint density at radius 3 is 2.68 bits per heavy atom. The van der Waals surface area contributed by atoms with Gasteiger partial charge in [-0.15, -0.1) is 0 Å². The van der Waals surface area contributed by atoms with Crippen LogP contribution in [-0.4, -0.2) is 36.1 Å². The number of nitrogens with zero attached hydrogens (tertiary/aromatic N) is 2. The molecule has 0 fully saturated rings. The molecule has 7 nitrogen and oxygen atoms in total. The van der Waals surface area contributed by atoms with Crippen molar-refractivity contribution in [3.8, 4) is 34.4 Å². The molecule has 0 radical (unpaired) electrons. The van der Waals surface area contributed by atoms with Gasteiger partial charge in [0.2, 0.25) is 5.82 Å². The topological polar surface area (TPSA) is 86.8 Å². The molecular weight excluding hydrogens is 384 g/mol. The molecule has 3 rings (SSSR count). The van der Waals surface area contributed by atoms with Gasteiger partial charge in [0.1, 0.15) is 16.5 Å². The zero-order chi connectivity index (χ0) is 20.1. The van der Waals surface area contributed by atoms with E-state index in [1.807, 2.05) is 6.92 Å². The first kappa shape index (κ1) is 19.6. The van der Waals surface area contributed by atoms with Gasteiger partial charge in [0, 0.05) is 6.07 Å². The lowest BCUT2D eigenvalue weighted by molar-refractivity contribution is 0.318. The highest BCUT2D eigenvalue weighted by Gasteiger charge is 2.16. The fraction of sp³-hybridized carbons (Fsp3) is 0.200. The van der Waals surface area contributed by atoms with Crippen LogP contribution in [0.25, 0.3) is 22.5 Å². The Morgan fingerprint density at radius 1 is 1.14 bits per heavy atom. The SMILES string of the molecule is CCOc1cc(/C=C(\Cl)c2nc(-c3ccc(OC)cc3OC)no2)ccc1O. The molecule has 0 aliphatic rings. The van der Waals surface area contributed by atoms with Crippen molar-refractivity contribution in [2.45, 2.75) is 6.92 Å². The van der Waals surface area contributed by atoms with Gasteiger partial charge in [0.15, 0.2) is 11.5 Å². The summed E-state index contributed by atoms with van der Waals surface area (Å²) in [6, 6.07) is 10.2. The summed E-state index contributed by atoms with van der Waals surface area (Å²) in [6.45, 7) is 2.27. The number of rotatable bonds is 7. The Kier molecular flexibility index (Phi) is 6.06. The molecule has 0 unspecified atom stereocenters. The van der Waals surface area contributed by atoms with Crippen LogP contribution in [0.2, 0.25) is 0 Å². The largest absolute Gasteiger partial charge is 0.504 e. The third-order valence-corrected chi connectivity index (χ3v) is 4.13. The Labute approximate surface area is 167 Å². The summed E-state index contributed by atoms with van der Waals surface area (Å²) in [5.74, 6) is 2.12. The molecule has 1 heterocycles. The van der Waals surface area contributed by atoms with Crippen LogP contribution in [0.3, 0.4) is 0 Å². The third kappa shape index (κ3) is 4.20. The van der Waals surface area contributed by atoms with Gasteiger partial charge in [-0.2, -0.15) is 4.98 Å². The monoisotopic (exact) mass is 402 g/mol. The maximum absolute atomic E-state index is 9.79. The van der Waals surface area contributed by atoms with Gasteiger partial charge in [-0.3, -0.25) is 0 Å². The van der Waals surface area contributed by atoms with Crippen molar-refractivity contribution in [1.82, 2.24) is 10.1 Å². The quantitative estimate of drug-likeness (QED) is 0.618. The summed E-state index contributed by atoms with van der Waals surface area (Å²) in [6.07, 6.45) is 1.64. The first-order valence-electron chi connectivity index (χ1n) is 8.45. The van der Waals surface area contributed by atoms with Crippen molar-refractivity contribution in [2.75, 3.05) is 20.8 Å². The van der Waals surface area contributed by atoms with Crippen LogP contribution in [0, 0.1) is 0 Å². The molecule has 0 saturated heterocycles. The fourth-order valence-corrected chi connectivity index (χ4v) is 2.72. The Morgan fingerprint density at radius 2 is 1.96 bits per heavy atom. The molecule has 28 heavy (non-hydrogen) atoms. The minimum absolute atomic E-state index is 0.0572. The predicted octanol–water partition coefficient (Wildman–Crippen LogP) is 4.60. The number of phenols is 1. The average molecular weight is 403 g/mol. The van der Waals surface area contributed by atoms with E-state index in [-0.39, 0.29) is 16.7 Å². The highest BCUT2D eigenvalue weighted by Crippen LogP contribution is 2.33. The van der Waals surface area contributed by atoms with Crippen molar-refractivity contribution in [3.05, 3.63) is 47.9 Å². The van der Waals surface area contributed by atoms with Gasteiger partial charge in [-0.05, 0) is 42.8 Å². The van der Waals surface area contributed by atoms with Gasteiger partial charge in [-0.1, -0.05) is 22.8 Å². The van der Waals surface area contributed by atoms with Gasteiger partial charge in [0.05, 0.1) is 26.4 Å². The molecular formula is C20H19ClN2O5. The molecule has 0 saturated carbocycles. The molecule has 0 bridgehead atoms. The highest BCUT2D eigenvalue weighted by molar-refractivity contribution is 6.50. The van der Waals surface area contributed by atoms with Crippen LogP contribution in [0.15, 0.2) is 40.9 Å². The summed E-state index contributed by atoms with van der Waals surface area (Å²) < 4.78 is 21.2. The second-order valence-corrected chi connectivity index (χ2v) is 6.05. The molecule has 8 heteroatoms. The van der Waals surface area contributed by atoms with E-state index in [2.05, 4.69) is 10.1 Å². The van der Waals surface area contributed by atoms with E-state index >= 15 is 0 Å². The van der Waals surface area contributed by atoms with E-state index < -0.39 is 0 Å². The first-order valence-corrected chi connectivity index (χ1v) is 8.83. The van der Waals surface area contributed by atoms with Crippen molar-refractivity contribution >= 4 is 22.7 Å². The highest BCUT2D eigenvalue weighted by atomic mass is 35.5. The molecule has 1 N–H and O–H groups in total. The summed E-state index contributed by atoms with van der Waals surface area (Å²) in [5.41, 5.74) is 1.36. The zero-order valence-corrected chi connectivity index (χ0v) is 16.4. The van der Waals surface area contributed by atoms with Crippen LogP contribution in [-0.2, 0) is 0 Å². The normalized spacial score (nSPS) is 11.4. The Hall–Kier alpha value is -3.19. The lowest BCUT2D eigenvalue weighted by Gasteiger charge is -2.07. The summed E-state index contributed by atoms with van der Waals surface area (Å²) in [7, 11) is 3.12. The Bertz CT molecular complexity index is 1000. The van der Waals surface area contributed by atoms with Crippen molar-refractivity contribution in [1.29, 1.82) is 0 Å². The van der Waals surface area contributed by atoms with Gasteiger partial charge in [0.25, 0.3) is 5.89 Å². The lowest BCUT2D eigenvalue weighted by atomic mass is 10.1. The van der Waals surface area contributed by atoms with Gasteiger partial charge in [-0.25, -0.2) is 0 Å².